The normalized spacial score (nSPS) is 16.8. The summed E-state index contributed by atoms with van der Waals surface area (Å²) in [6.45, 7) is 7.84. The third-order valence-electron chi connectivity index (χ3n) is 2.53. The van der Waals surface area contributed by atoms with Crippen molar-refractivity contribution >= 4 is 5.91 Å². The number of nitrogens with one attached hydrogen (secondary N) is 2. The molecule has 1 aliphatic rings. The average Bonchev–Trinajstić information content (AvgIpc) is 2.34. The summed E-state index contributed by atoms with van der Waals surface area (Å²) in [5.41, 5.74) is 0.188. The number of carbonyl (C=O) groups excluding carboxylic acids is 1. The second-order valence-electron chi connectivity index (χ2n) is 4.51. The topological polar surface area (TPSA) is 68.2 Å². The van der Waals surface area contributed by atoms with E-state index in [-0.39, 0.29) is 11.5 Å². The third-order valence-corrected chi connectivity index (χ3v) is 2.53. The van der Waals surface area contributed by atoms with Crippen LogP contribution in [0.2, 0.25) is 0 Å². The first-order valence-electron chi connectivity index (χ1n) is 5.98. The standard InChI is InChI=1S/C12H20N4O/c1-10(2)8-15-9-11(7-13)12(17)16-5-3-14-4-6-16/h9-10,14-15H,3-6,8H2,1-2H3/b11-9-. The molecular weight excluding hydrogens is 216 g/mol. The Morgan fingerprint density at radius 2 is 2.18 bits per heavy atom. The summed E-state index contributed by atoms with van der Waals surface area (Å²) in [5.74, 6) is 0.311. The maximum absolute atomic E-state index is 12.0. The zero-order chi connectivity index (χ0) is 12.7. The molecule has 0 saturated carbocycles. The van der Waals surface area contributed by atoms with Gasteiger partial charge in [-0.1, -0.05) is 13.8 Å². The zero-order valence-electron chi connectivity index (χ0n) is 10.5. The Balaban J connectivity index is 2.54. The number of piperazine rings is 1. The molecular formula is C12H20N4O. The minimum atomic E-state index is -0.176. The molecule has 94 valence electrons. The van der Waals surface area contributed by atoms with E-state index in [1.165, 1.54) is 6.20 Å². The summed E-state index contributed by atoms with van der Waals surface area (Å²) < 4.78 is 0. The highest BCUT2D eigenvalue weighted by Crippen LogP contribution is 2.02. The number of rotatable bonds is 4. The Hall–Kier alpha value is -1.54. The van der Waals surface area contributed by atoms with E-state index in [4.69, 9.17) is 5.26 Å². The van der Waals surface area contributed by atoms with Crippen molar-refractivity contribution < 1.29 is 4.79 Å². The minimum Gasteiger partial charge on any atom is -0.389 e. The number of carbonyl (C=O) groups is 1. The molecule has 1 amide bonds. The van der Waals surface area contributed by atoms with Gasteiger partial charge in [0.2, 0.25) is 0 Å². The fourth-order valence-corrected chi connectivity index (χ4v) is 1.58. The van der Waals surface area contributed by atoms with E-state index in [0.29, 0.717) is 19.0 Å². The lowest BCUT2D eigenvalue weighted by Gasteiger charge is -2.27. The molecule has 0 aromatic carbocycles. The number of nitrogens with zero attached hydrogens (tertiary/aromatic N) is 2. The quantitative estimate of drug-likeness (QED) is 0.535. The largest absolute Gasteiger partial charge is 0.389 e. The van der Waals surface area contributed by atoms with Crippen molar-refractivity contribution in [1.82, 2.24) is 15.5 Å². The predicted octanol–water partition coefficient (Wildman–Crippen LogP) is 0.0713. The SMILES string of the molecule is CC(C)CN/C=C(/C#N)C(=O)N1CCNCC1. The summed E-state index contributed by atoms with van der Waals surface area (Å²) in [6.07, 6.45) is 1.53. The average molecular weight is 236 g/mol. The van der Waals surface area contributed by atoms with E-state index in [0.717, 1.165) is 19.6 Å². The highest BCUT2D eigenvalue weighted by molar-refractivity contribution is 5.97. The van der Waals surface area contributed by atoms with Crippen molar-refractivity contribution in [3.8, 4) is 6.07 Å². The molecule has 1 rings (SSSR count). The lowest BCUT2D eigenvalue weighted by atomic mass is 10.2. The first kappa shape index (κ1) is 13.5. The van der Waals surface area contributed by atoms with Crippen LogP contribution in [-0.2, 0) is 4.79 Å². The molecule has 0 spiro atoms. The Kier molecular flexibility index (Phi) is 5.50. The highest BCUT2D eigenvalue weighted by Gasteiger charge is 2.19. The number of hydrogen-bond acceptors (Lipinski definition) is 4. The molecule has 1 aliphatic heterocycles. The molecule has 1 heterocycles. The molecule has 0 aromatic rings. The van der Waals surface area contributed by atoms with Crippen LogP contribution >= 0.6 is 0 Å². The minimum absolute atomic E-state index is 0.176. The van der Waals surface area contributed by atoms with Crippen LogP contribution in [0, 0.1) is 17.2 Å². The maximum atomic E-state index is 12.0. The van der Waals surface area contributed by atoms with Crippen molar-refractivity contribution in [3.63, 3.8) is 0 Å². The smallest absolute Gasteiger partial charge is 0.266 e. The van der Waals surface area contributed by atoms with E-state index in [2.05, 4.69) is 24.5 Å². The first-order valence-corrected chi connectivity index (χ1v) is 5.98. The van der Waals surface area contributed by atoms with E-state index >= 15 is 0 Å². The molecule has 0 unspecified atom stereocenters. The lowest BCUT2D eigenvalue weighted by molar-refractivity contribution is -0.127. The molecule has 5 nitrogen and oxygen atoms in total. The summed E-state index contributed by atoms with van der Waals surface area (Å²) in [4.78, 5) is 13.7. The van der Waals surface area contributed by atoms with Crippen molar-refractivity contribution in [2.75, 3.05) is 32.7 Å². The monoisotopic (exact) mass is 236 g/mol. The van der Waals surface area contributed by atoms with Gasteiger partial charge in [0.15, 0.2) is 0 Å². The van der Waals surface area contributed by atoms with Crippen molar-refractivity contribution in [1.29, 1.82) is 5.26 Å². The molecule has 0 bridgehead atoms. The molecule has 0 radical (unpaired) electrons. The Morgan fingerprint density at radius 3 is 2.71 bits per heavy atom. The highest BCUT2D eigenvalue weighted by atomic mass is 16.2. The first-order chi connectivity index (χ1) is 8.15. The van der Waals surface area contributed by atoms with Crippen LogP contribution < -0.4 is 10.6 Å². The lowest BCUT2D eigenvalue weighted by Crippen LogP contribution is -2.46. The third kappa shape index (κ3) is 4.45. The molecule has 0 aliphatic carbocycles. The Labute approximate surface area is 102 Å². The number of hydrogen-bond donors (Lipinski definition) is 2. The fourth-order valence-electron chi connectivity index (χ4n) is 1.58. The van der Waals surface area contributed by atoms with Gasteiger partial charge in [0.25, 0.3) is 5.91 Å². The van der Waals surface area contributed by atoms with Gasteiger partial charge < -0.3 is 15.5 Å². The molecule has 1 saturated heterocycles. The fraction of sp³-hybridized carbons (Fsp3) is 0.667. The van der Waals surface area contributed by atoms with Crippen LogP contribution in [0.1, 0.15) is 13.8 Å². The van der Waals surface area contributed by atoms with Gasteiger partial charge in [0.1, 0.15) is 11.6 Å². The molecule has 2 N–H and O–H groups in total. The van der Waals surface area contributed by atoms with Crippen molar-refractivity contribution in [3.05, 3.63) is 11.8 Å². The van der Waals surface area contributed by atoms with E-state index in [9.17, 15) is 4.79 Å². The summed E-state index contributed by atoms with van der Waals surface area (Å²) in [6, 6.07) is 1.96. The molecule has 17 heavy (non-hydrogen) atoms. The van der Waals surface area contributed by atoms with Gasteiger partial charge in [-0.05, 0) is 5.92 Å². The van der Waals surface area contributed by atoms with Crippen LogP contribution in [0.4, 0.5) is 0 Å². The predicted molar refractivity (Wildman–Crippen MR) is 66.0 cm³/mol. The van der Waals surface area contributed by atoms with Gasteiger partial charge in [-0.15, -0.1) is 0 Å². The van der Waals surface area contributed by atoms with E-state index < -0.39 is 0 Å². The summed E-state index contributed by atoms with van der Waals surface area (Å²) in [5, 5.41) is 15.2. The van der Waals surface area contributed by atoms with Gasteiger partial charge >= 0.3 is 0 Å². The Bertz CT molecular complexity index is 324. The van der Waals surface area contributed by atoms with Crippen LogP contribution in [0.15, 0.2) is 11.8 Å². The van der Waals surface area contributed by atoms with Crippen LogP contribution in [0.5, 0.6) is 0 Å². The molecule has 1 fully saturated rings. The molecule has 5 heteroatoms. The van der Waals surface area contributed by atoms with Gasteiger partial charge in [0, 0.05) is 38.9 Å². The van der Waals surface area contributed by atoms with Gasteiger partial charge in [-0.25, -0.2) is 0 Å². The van der Waals surface area contributed by atoms with Crippen LogP contribution in [0.25, 0.3) is 0 Å². The van der Waals surface area contributed by atoms with E-state index in [1.807, 2.05) is 6.07 Å². The van der Waals surface area contributed by atoms with Crippen molar-refractivity contribution in [2.24, 2.45) is 5.92 Å². The number of nitriles is 1. The zero-order valence-corrected chi connectivity index (χ0v) is 10.5. The maximum Gasteiger partial charge on any atom is 0.266 e. The number of amides is 1. The van der Waals surface area contributed by atoms with Crippen molar-refractivity contribution in [2.45, 2.75) is 13.8 Å². The van der Waals surface area contributed by atoms with Crippen LogP contribution in [-0.4, -0.2) is 43.5 Å². The summed E-state index contributed by atoms with van der Waals surface area (Å²) >= 11 is 0. The molecule has 0 atom stereocenters. The molecule has 0 aromatic heterocycles. The summed E-state index contributed by atoms with van der Waals surface area (Å²) in [7, 11) is 0. The second kappa shape index (κ2) is 6.92. The van der Waals surface area contributed by atoms with Gasteiger partial charge in [0.05, 0.1) is 0 Å². The second-order valence-corrected chi connectivity index (χ2v) is 4.51. The van der Waals surface area contributed by atoms with Crippen LogP contribution in [0.3, 0.4) is 0 Å². The Morgan fingerprint density at radius 1 is 1.53 bits per heavy atom. The van der Waals surface area contributed by atoms with E-state index in [1.54, 1.807) is 4.90 Å². The van der Waals surface area contributed by atoms with Gasteiger partial charge in [-0.2, -0.15) is 5.26 Å². The van der Waals surface area contributed by atoms with Gasteiger partial charge in [-0.3, -0.25) is 4.79 Å².